The van der Waals surface area contributed by atoms with Gasteiger partial charge in [-0.2, -0.15) is 5.10 Å². The normalized spacial score (nSPS) is 11.7. The second-order valence-corrected chi connectivity index (χ2v) is 6.49. The number of amides is 1. The first-order valence-corrected chi connectivity index (χ1v) is 8.42. The summed E-state index contributed by atoms with van der Waals surface area (Å²) in [6.07, 6.45) is 4.99. The number of anilines is 1. The van der Waals surface area contributed by atoms with Crippen LogP contribution in [-0.2, 0) is 10.2 Å². The molecule has 0 aliphatic rings. The summed E-state index contributed by atoms with van der Waals surface area (Å²) in [4.78, 5) is 13.0. The van der Waals surface area contributed by atoms with Gasteiger partial charge in [0.2, 0.25) is 5.91 Å². The summed E-state index contributed by atoms with van der Waals surface area (Å²) >= 11 is 5.98. The molecule has 0 spiro atoms. The van der Waals surface area contributed by atoms with Gasteiger partial charge in [0.15, 0.2) is 0 Å². The molecule has 5 heteroatoms. The number of halogens is 1. The van der Waals surface area contributed by atoms with Crippen molar-refractivity contribution in [2.45, 2.75) is 52.0 Å². The van der Waals surface area contributed by atoms with E-state index in [9.17, 15) is 4.79 Å². The summed E-state index contributed by atoms with van der Waals surface area (Å²) in [6.45, 7) is 8.17. The quantitative estimate of drug-likeness (QED) is 0.824. The molecule has 0 aliphatic heterocycles. The van der Waals surface area contributed by atoms with Gasteiger partial charge in [-0.05, 0) is 44.4 Å². The Hall–Kier alpha value is -1.81. The molecule has 23 heavy (non-hydrogen) atoms. The minimum Gasteiger partial charge on any atom is -0.323 e. The highest BCUT2D eigenvalue weighted by molar-refractivity contribution is 6.30. The van der Waals surface area contributed by atoms with Gasteiger partial charge in [0, 0.05) is 17.3 Å². The molecule has 1 N–H and O–H groups in total. The SMILES string of the molecule is CCC(CC)(C(=O)Nc1cnn(C(C)C)c1)c1ccc(Cl)cc1. The molecule has 1 aromatic heterocycles. The molecular formula is C18H24ClN3O. The van der Waals surface area contributed by atoms with Crippen molar-refractivity contribution < 1.29 is 4.79 Å². The summed E-state index contributed by atoms with van der Waals surface area (Å²) in [5.41, 5.74) is 1.15. The molecule has 0 atom stereocenters. The number of carbonyl (C=O) groups excluding carboxylic acids is 1. The van der Waals surface area contributed by atoms with Crippen molar-refractivity contribution in [2.75, 3.05) is 5.32 Å². The van der Waals surface area contributed by atoms with Gasteiger partial charge in [-0.25, -0.2) is 0 Å². The molecule has 0 radical (unpaired) electrons. The summed E-state index contributed by atoms with van der Waals surface area (Å²) < 4.78 is 1.83. The average molecular weight is 334 g/mol. The third-order valence-electron chi connectivity index (χ3n) is 4.43. The molecule has 1 amide bonds. The van der Waals surface area contributed by atoms with E-state index in [1.807, 2.05) is 49.0 Å². The Morgan fingerprint density at radius 1 is 1.26 bits per heavy atom. The zero-order chi connectivity index (χ0) is 17.0. The summed E-state index contributed by atoms with van der Waals surface area (Å²) in [7, 11) is 0. The van der Waals surface area contributed by atoms with Crippen molar-refractivity contribution in [3.8, 4) is 0 Å². The minimum absolute atomic E-state index is 0.00636. The molecule has 0 bridgehead atoms. The van der Waals surface area contributed by atoms with Crippen LogP contribution in [-0.4, -0.2) is 15.7 Å². The second kappa shape index (κ2) is 7.18. The Morgan fingerprint density at radius 2 is 1.87 bits per heavy atom. The number of carbonyl (C=O) groups is 1. The Balaban J connectivity index is 2.28. The highest BCUT2D eigenvalue weighted by atomic mass is 35.5. The Morgan fingerprint density at radius 3 is 2.35 bits per heavy atom. The summed E-state index contributed by atoms with van der Waals surface area (Å²) in [5, 5.41) is 7.96. The highest BCUT2D eigenvalue weighted by Gasteiger charge is 2.36. The molecule has 4 nitrogen and oxygen atoms in total. The van der Waals surface area contributed by atoms with E-state index in [4.69, 9.17) is 11.6 Å². The van der Waals surface area contributed by atoms with E-state index in [0.717, 1.165) is 24.1 Å². The third-order valence-corrected chi connectivity index (χ3v) is 4.68. The van der Waals surface area contributed by atoms with Crippen LogP contribution in [0.2, 0.25) is 5.02 Å². The van der Waals surface area contributed by atoms with Crippen molar-refractivity contribution in [1.82, 2.24) is 9.78 Å². The monoisotopic (exact) mass is 333 g/mol. The Labute approximate surface area is 142 Å². The standard InChI is InChI=1S/C18H24ClN3O/c1-5-18(6-2,14-7-9-15(19)10-8-14)17(23)21-16-11-20-22(12-16)13(3)4/h7-13H,5-6H2,1-4H3,(H,21,23). The largest absolute Gasteiger partial charge is 0.323 e. The van der Waals surface area contributed by atoms with Gasteiger partial charge >= 0.3 is 0 Å². The molecule has 2 aromatic rings. The maximum Gasteiger partial charge on any atom is 0.235 e. The smallest absolute Gasteiger partial charge is 0.235 e. The van der Waals surface area contributed by atoms with E-state index in [-0.39, 0.29) is 11.9 Å². The van der Waals surface area contributed by atoms with Crippen molar-refractivity contribution in [3.63, 3.8) is 0 Å². The number of benzene rings is 1. The number of hydrogen-bond acceptors (Lipinski definition) is 2. The van der Waals surface area contributed by atoms with Crippen LogP contribution in [0.5, 0.6) is 0 Å². The first-order chi connectivity index (χ1) is 10.9. The third kappa shape index (κ3) is 3.58. The number of nitrogens with one attached hydrogen (secondary N) is 1. The van der Waals surface area contributed by atoms with E-state index in [1.54, 1.807) is 6.20 Å². The van der Waals surface area contributed by atoms with E-state index in [2.05, 4.69) is 24.3 Å². The van der Waals surface area contributed by atoms with Crippen LogP contribution in [0.3, 0.4) is 0 Å². The first kappa shape index (κ1) is 17.5. The lowest BCUT2D eigenvalue weighted by molar-refractivity contribution is -0.121. The van der Waals surface area contributed by atoms with Gasteiger partial charge in [-0.3, -0.25) is 9.48 Å². The zero-order valence-corrected chi connectivity index (χ0v) is 14.9. The number of rotatable bonds is 6. The lowest BCUT2D eigenvalue weighted by Crippen LogP contribution is -2.39. The van der Waals surface area contributed by atoms with Crippen molar-refractivity contribution in [3.05, 3.63) is 47.2 Å². The predicted molar refractivity (Wildman–Crippen MR) is 95.0 cm³/mol. The van der Waals surface area contributed by atoms with Gasteiger partial charge in [0.1, 0.15) is 0 Å². The molecule has 124 valence electrons. The Kier molecular flexibility index (Phi) is 5.47. The van der Waals surface area contributed by atoms with Crippen molar-refractivity contribution in [1.29, 1.82) is 0 Å². The lowest BCUT2D eigenvalue weighted by atomic mass is 9.75. The van der Waals surface area contributed by atoms with Gasteiger partial charge in [-0.1, -0.05) is 37.6 Å². The van der Waals surface area contributed by atoms with Crippen molar-refractivity contribution in [2.24, 2.45) is 0 Å². The van der Waals surface area contributed by atoms with Gasteiger partial charge in [0.25, 0.3) is 0 Å². The fourth-order valence-corrected chi connectivity index (χ4v) is 2.94. The van der Waals surface area contributed by atoms with E-state index < -0.39 is 5.41 Å². The number of hydrogen-bond donors (Lipinski definition) is 1. The van der Waals surface area contributed by atoms with Crippen LogP contribution >= 0.6 is 11.6 Å². The molecule has 0 fully saturated rings. The zero-order valence-electron chi connectivity index (χ0n) is 14.1. The molecule has 2 rings (SSSR count). The molecule has 0 unspecified atom stereocenters. The van der Waals surface area contributed by atoms with Crippen LogP contribution in [0, 0.1) is 0 Å². The average Bonchev–Trinajstić information content (AvgIpc) is 2.99. The van der Waals surface area contributed by atoms with Gasteiger partial charge in [0.05, 0.1) is 17.3 Å². The lowest BCUT2D eigenvalue weighted by Gasteiger charge is -2.30. The second-order valence-electron chi connectivity index (χ2n) is 6.05. The fourth-order valence-electron chi connectivity index (χ4n) is 2.82. The summed E-state index contributed by atoms with van der Waals surface area (Å²) in [5.74, 6) is -0.00636. The minimum atomic E-state index is -0.565. The predicted octanol–water partition coefficient (Wildman–Crippen LogP) is 4.81. The molecule has 1 aromatic carbocycles. The molecular weight excluding hydrogens is 310 g/mol. The van der Waals surface area contributed by atoms with E-state index in [0.29, 0.717) is 5.02 Å². The van der Waals surface area contributed by atoms with Crippen LogP contribution in [0.1, 0.15) is 52.1 Å². The van der Waals surface area contributed by atoms with Crippen LogP contribution in [0.25, 0.3) is 0 Å². The van der Waals surface area contributed by atoms with Crippen molar-refractivity contribution >= 4 is 23.2 Å². The van der Waals surface area contributed by atoms with Crippen LogP contribution in [0.4, 0.5) is 5.69 Å². The topological polar surface area (TPSA) is 46.9 Å². The first-order valence-electron chi connectivity index (χ1n) is 8.04. The molecule has 0 aliphatic carbocycles. The fraction of sp³-hybridized carbons (Fsp3) is 0.444. The van der Waals surface area contributed by atoms with Crippen LogP contribution in [0.15, 0.2) is 36.7 Å². The molecule has 0 saturated heterocycles. The van der Waals surface area contributed by atoms with E-state index >= 15 is 0 Å². The maximum atomic E-state index is 13.0. The highest BCUT2D eigenvalue weighted by Crippen LogP contribution is 2.34. The van der Waals surface area contributed by atoms with Crippen LogP contribution < -0.4 is 5.32 Å². The van der Waals surface area contributed by atoms with Gasteiger partial charge in [-0.15, -0.1) is 0 Å². The Bertz CT molecular complexity index is 657. The number of nitrogens with zero attached hydrogens (tertiary/aromatic N) is 2. The summed E-state index contributed by atoms with van der Waals surface area (Å²) in [6, 6.07) is 7.81. The maximum absolute atomic E-state index is 13.0. The number of aromatic nitrogens is 2. The van der Waals surface area contributed by atoms with Gasteiger partial charge < -0.3 is 5.32 Å². The molecule has 0 saturated carbocycles. The molecule has 1 heterocycles. The van der Waals surface area contributed by atoms with E-state index in [1.165, 1.54) is 0 Å².